The van der Waals surface area contributed by atoms with E-state index in [4.69, 9.17) is 4.74 Å². The van der Waals surface area contributed by atoms with Gasteiger partial charge < -0.3 is 9.64 Å². The molecule has 0 atom stereocenters. The van der Waals surface area contributed by atoms with E-state index in [1.807, 2.05) is 13.8 Å². The van der Waals surface area contributed by atoms with E-state index >= 15 is 0 Å². The SMILES string of the molecule is Cc1cc(C)c(C2=C(OC(=O)N(C)C)C3(CCCC3)SC2=O)c(C)c1. The lowest BCUT2D eigenvalue weighted by atomic mass is 9.90. The molecule has 0 saturated heterocycles. The summed E-state index contributed by atoms with van der Waals surface area (Å²) >= 11 is 1.35. The molecule has 1 heterocycles. The molecule has 0 aromatic heterocycles. The fourth-order valence-electron chi connectivity index (χ4n) is 3.98. The summed E-state index contributed by atoms with van der Waals surface area (Å²) < 4.78 is 5.44. The molecule has 1 aromatic rings. The zero-order valence-electron chi connectivity index (χ0n) is 15.6. The number of benzene rings is 1. The Morgan fingerprint density at radius 1 is 1.12 bits per heavy atom. The Balaban J connectivity index is 2.20. The van der Waals surface area contributed by atoms with Crippen molar-refractivity contribution in [3.63, 3.8) is 0 Å². The molecule has 1 saturated carbocycles. The van der Waals surface area contributed by atoms with Crippen molar-refractivity contribution in [2.24, 2.45) is 0 Å². The fourth-order valence-corrected chi connectivity index (χ4v) is 5.36. The highest BCUT2D eigenvalue weighted by Crippen LogP contribution is 2.56. The second-order valence-corrected chi connectivity index (χ2v) is 8.69. The van der Waals surface area contributed by atoms with E-state index in [-0.39, 0.29) is 9.86 Å². The molecule has 1 aromatic carbocycles. The number of nitrogens with zero attached hydrogens (tertiary/aromatic N) is 1. The lowest BCUT2D eigenvalue weighted by Gasteiger charge is -2.25. The maximum Gasteiger partial charge on any atom is 0.414 e. The van der Waals surface area contributed by atoms with E-state index in [0.29, 0.717) is 11.3 Å². The summed E-state index contributed by atoms with van der Waals surface area (Å²) in [4.78, 5) is 26.7. The number of hydrogen-bond acceptors (Lipinski definition) is 4. The van der Waals surface area contributed by atoms with E-state index in [9.17, 15) is 9.59 Å². The van der Waals surface area contributed by atoms with Gasteiger partial charge >= 0.3 is 6.09 Å². The van der Waals surface area contributed by atoms with E-state index < -0.39 is 6.09 Å². The third-order valence-corrected chi connectivity index (χ3v) is 6.40. The largest absolute Gasteiger partial charge is 0.414 e. The van der Waals surface area contributed by atoms with Gasteiger partial charge in [-0.25, -0.2) is 4.79 Å². The third kappa shape index (κ3) is 3.10. The van der Waals surface area contributed by atoms with Crippen LogP contribution < -0.4 is 0 Å². The summed E-state index contributed by atoms with van der Waals surface area (Å²) in [6, 6.07) is 4.16. The van der Waals surface area contributed by atoms with Crippen LogP contribution in [0, 0.1) is 20.8 Å². The molecule has 1 aliphatic carbocycles. The molecule has 0 N–H and O–H groups in total. The predicted octanol–water partition coefficient (Wildman–Crippen LogP) is 4.61. The molecule has 1 spiro atoms. The highest BCUT2D eigenvalue weighted by molar-refractivity contribution is 8.16. The second-order valence-electron chi connectivity index (χ2n) is 7.33. The first-order valence-corrected chi connectivity index (χ1v) is 9.52. The lowest BCUT2D eigenvalue weighted by Crippen LogP contribution is -2.29. The summed E-state index contributed by atoms with van der Waals surface area (Å²) in [6.45, 7) is 6.09. The quantitative estimate of drug-likeness (QED) is 0.774. The molecule has 5 heteroatoms. The summed E-state index contributed by atoms with van der Waals surface area (Å²) in [5.74, 6) is 0.578. The van der Waals surface area contributed by atoms with Gasteiger partial charge in [-0.15, -0.1) is 0 Å². The Hall–Kier alpha value is -1.75. The average molecular weight is 359 g/mol. The Labute approximate surface area is 153 Å². The number of hydrogen-bond donors (Lipinski definition) is 0. The van der Waals surface area contributed by atoms with Crippen LogP contribution in [0.3, 0.4) is 0 Å². The minimum atomic E-state index is -0.420. The topological polar surface area (TPSA) is 46.6 Å². The van der Waals surface area contributed by atoms with Crippen molar-refractivity contribution >= 4 is 28.5 Å². The van der Waals surface area contributed by atoms with Gasteiger partial charge in [0, 0.05) is 14.1 Å². The molecule has 25 heavy (non-hydrogen) atoms. The van der Waals surface area contributed by atoms with Crippen LogP contribution >= 0.6 is 11.8 Å². The van der Waals surface area contributed by atoms with E-state index in [1.165, 1.54) is 22.2 Å². The molecule has 2 aliphatic rings. The Kier molecular flexibility index (Phi) is 4.71. The first-order chi connectivity index (χ1) is 11.7. The predicted molar refractivity (Wildman–Crippen MR) is 102 cm³/mol. The fraction of sp³-hybridized carbons (Fsp3) is 0.500. The number of rotatable bonds is 2. The molecule has 0 unspecified atom stereocenters. The van der Waals surface area contributed by atoms with Gasteiger partial charge in [0.05, 0.1) is 10.3 Å². The van der Waals surface area contributed by atoms with Crippen molar-refractivity contribution in [3.05, 3.63) is 40.1 Å². The molecule has 1 aliphatic heterocycles. The van der Waals surface area contributed by atoms with Gasteiger partial charge in [0.25, 0.3) is 0 Å². The van der Waals surface area contributed by atoms with Crippen molar-refractivity contribution < 1.29 is 14.3 Å². The lowest BCUT2D eigenvalue weighted by molar-refractivity contribution is -0.106. The average Bonchev–Trinajstić information content (AvgIpc) is 3.06. The molecule has 134 valence electrons. The van der Waals surface area contributed by atoms with Crippen LogP contribution in [-0.4, -0.2) is 35.0 Å². The molecule has 3 rings (SSSR count). The third-order valence-electron chi connectivity index (χ3n) is 5.03. The van der Waals surface area contributed by atoms with Crippen LogP contribution in [0.15, 0.2) is 17.9 Å². The summed E-state index contributed by atoms with van der Waals surface area (Å²) in [6.07, 6.45) is 3.46. The van der Waals surface area contributed by atoms with E-state index in [1.54, 1.807) is 14.1 Å². The minimum Gasteiger partial charge on any atom is -0.412 e. The summed E-state index contributed by atoms with van der Waals surface area (Å²) in [5.41, 5.74) is 4.79. The number of ether oxygens (including phenoxy) is 1. The Morgan fingerprint density at radius 3 is 2.20 bits per heavy atom. The zero-order valence-corrected chi connectivity index (χ0v) is 16.4. The number of carbonyl (C=O) groups excluding carboxylic acids is 2. The number of amides is 1. The maximum absolute atomic E-state index is 13.0. The monoisotopic (exact) mass is 359 g/mol. The zero-order chi connectivity index (χ0) is 18.4. The standard InChI is InChI=1S/C20H25NO3S/c1-12-10-13(2)15(14(3)11-12)16-17(24-19(23)21(4)5)20(25-18(16)22)8-6-7-9-20/h10-11H,6-9H2,1-5H3. The van der Waals surface area contributed by atoms with Crippen LogP contribution in [0.25, 0.3) is 5.57 Å². The van der Waals surface area contributed by atoms with Crippen molar-refractivity contribution in [1.82, 2.24) is 4.90 Å². The molecular formula is C20H25NO3S. The Morgan fingerprint density at radius 2 is 1.68 bits per heavy atom. The minimum absolute atomic E-state index is 0.0264. The van der Waals surface area contributed by atoms with Gasteiger partial charge in [-0.05, 0) is 50.3 Å². The highest BCUT2D eigenvalue weighted by atomic mass is 32.2. The normalized spacial score (nSPS) is 19.0. The highest BCUT2D eigenvalue weighted by Gasteiger charge is 2.51. The van der Waals surface area contributed by atoms with Gasteiger partial charge in [-0.1, -0.05) is 42.3 Å². The van der Waals surface area contributed by atoms with Crippen LogP contribution in [0.4, 0.5) is 4.79 Å². The number of thioether (sulfide) groups is 1. The first kappa shape index (κ1) is 18.1. The van der Waals surface area contributed by atoms with Crippen molar-refractivity contribution in [2.75, 3.05) is 14.1 Å². The molecule has 4 nitrogen and oxygen atoms in total. The number of carbonyl (C=O) groups is 2. The second kappa shape index (κ2) is 6.52. The molecule has 1 fully saturated rings. The summed E-state index contributed by atoms with van der Waals surface area (Å²) in [5, 5.41) is 0.0264. The molecule has 0 bridgehead atoms. The van der Waals surface area contributed by atoms with Crippen molar-refractivity contribution in [1.29, 1.82) is 0 Å². The van der Waals surface area contributed by atoms with E-state index in [2.05, 4.69) is 19.1 Å². The summed E-state index contributed by atoms with van der Waals surface area (Å²) in [7, 11) is 3.33. The van der Waals surface area contributed by atoms with Crippen molar-refractivity contribution in [3.8, 4) is 0 Å². The smallest absolute Gasteiger partial charge is 0.412 e. The van der Waals surface area contributed by atoms with E-state index in [0.717, 1.165) is 42.4 Å². The van der Waals surface area contributed by atoms with Gasteiger partial charge in [0.15, 0.2) is 0 Å². The maximum atomic E-state index is 13.0. The van der Waals surface area contributed by atoms with Gasteiger partial charge in [0.1, 0.15) is 5.76 Å². The van der Waals surface area contributed by atoms with Crippen LogP contribution in [-0.2, 0) is 9.53 Å². The number of aryl methyl sites for hydroxylation is 3. The van der Waals surface area contributed by atoms with Gasteiger partial charge in [-0.3, -0.25) is 4.79 Å². The first-order valence-electron chi connectivity index (χ1n) is 8.70. The molecule has 1 amide bonds. The van der Waals surface area contributed by atoms with Crippen LogP contribution in [0.2, 0.25) is 0 Å². The molecule has 0 radical (unpaired) electrons. The van der Waals surface area contributed by atoms with Gasteiger partial charge in [-0.2, -0.15) is 0 Å². The van der Waals surface area contributed by atoms with Gasteiger partial charge in [0.2, 0.25) is 5.12 Å². The Bertz CT molecular complexity index is 750. The van der Waals surface area contributed by atoms with Crippen LogP contribution in [0.1, 0.15) is 47.9 Å². The molecular weight excluding hydrogens is 334 g/mol. The van der Waals surface area contributed by atoms with Crippen molar-refractivity contribution in [2.45, 2.75) is 51.2 Å². The van der Waals surface area contributed by atoms with Crippen LogP contribution in [0.5, 0.6) is 0 Å².